The van der Waals surface area contributed by atoms with Gasteiger partial charge in [0.25, 0.3) is 5.91 Å². The van der Waals surface area contributed by atoms with E-state index in [-0.39, 0.29) is 18.4 Å². The third-order valence-electron chi connectivity index (χ3n) is 3.68. The summed E-state index contributed by atoms with van der Waals surface area (Å²) in [6, 6.07) is 13.9. The first-order chi connectivity index (χ1) is 13.0. The number of carbonyl (C=O) groups is 3. The predicted octanol–water partition coefficient (Wildman–Crippen LogP) is 2.17. The van der Waals surface area contributed by atoms with E-state index in [1.165, 1.54) is 14.0 Å². The van der Waals surface area contributed by atoms with Crippen LogP contribution in [-0.2, 0) is 20.7 Å². The Hall–Kier alpha value is -3.35. The number of anilines is 1. The molecule has 0 atom stereocenters. The standard InChI is InChI=1S/C20H22N2O5/c1-14(23)21-11-10-15-6-8-16(9-7-15)20(25)22-17-4-3-5-18(12-17)27-13-19(24)26-2/h3-9,12H,10-11,13H2,1-2H3,(H,21,23)(H,22,25). The number of nitrogens with one attached hydrogen (secondary N) is 2. The van der Waals surface area contributed by atoms with Crippen LogP contribution < -0.4 is 15.4 Å². The van der Waals surface area contributed by atoms with Crippen LogP contribution >= 0.6 is 0 Å². The maximum absolute atomic E-state index is 12.4. The van der Waals surface area contributed by atoms with E-state index in [0.29, 0.717) is 30.0 Å². The minimum atomic E-state index is -0.483. The van der Waals surface area contributed by atoms with Crippen molar-refractivity contribution in [3.8, 4) is 5.75 Å². The van der Waals surface area contributed by atoms with Crippen molar-refractivity contribution in [3.63, 3.8) is 0 Å². The highest BCUT2D eigenvalue weighted by Crippen LogP contribution is 2.18. The van der Waals surface area contributed by atoms with E-state index in [2.05, 4.69) is 15.4 Å². The number of benzene rings is 2. The van der Waals surface area contributed by atoms with Gasteiger partial charge < -0.3 is 20.1 Å². The highest BCUT2D eigenvalue weighted by molar-refractivity contribution is 6.04. The van der Waals surface area contributed by atoms with Gasteiger partial charge in [-0.1, -0.05) is 18.2 Å². The molecule has 0 saturated heterocycles. The zero-order chi connectivity index (χ0) is 19.6. The number of methoxy groups -OCH3 is 1. The molecular weight excluding hydrogens is 348 g/mol. The number of carbonyl (C=O) groups excluding carboxylic acids is 3. The van der Waals surface area contributed by atoms with Crippen molar-refractivity contribution in [2.45, 2.75) is 13.3 Å². The second-order valence-electron chi connectivity index (χ2n) is 5.78. The third kappa shape index (κ3) is 6.81. The Labute approximate surface area is 157 Å². The Morgan fingerprint density at radius 1 is 1.04 bits per heavy atom. The lowest BCUT2D eigenvalue weighted by Gasteiger charge is -2.09. The molecule has 2 aromatic carbocycles. The number of rotatable bonds is 8. The second-order valence-corrected chi connectivity index (χ2v) is 5.78. The van der Waals surface area contributed by atoms with E-state index in [1.54, 1.807) is 36.4 Å². The van der Waals surface area contributed by atoms with Crippen molar-refractivity contribution < 1.29 is 23.9 Å². The number of amides is 2. The van der Waals surface area contributed by atoms with Crippen LogP contribution in [0.2, 0.25) is 0 Å². The van der Waals surface area contributed by atoms with Gasteiger partial charge in [0, 0.05) is 30.8 Å². The normalized spacial score (nSPS) is 10.0. The Morgan fingerprint density at radius 3 is 2.44 bits per heavy atom. The summed E-state index contributed by atoms with van der Waals surface area (Å²) in [5.74, 6) is -0.355. The maximum atomic E-state index is 12.4. The van der Waals surface area contributed by atoms with Crippen molar-refractivity contribution in [1.29, 1.82) is 0 Å². The molecule has 0 bridgehead atoms. The van der Waals surface area contributed by atoms with Gasteiger partial charge in [0.1, 0.15) is 5.75 Å². The molecule has 7 nitrogen and oxygen atoms in total. The molecule has 0 heterocycles. The fourth-order valence-electron chi connectivity index (χ4n) is 2.27. The summed E-state index contributed by atoms with van der Waals surface area (Å²) < 4.78 is 9.82. The van der Waals surface area contributed by atoms with Gasteiger partial charge in [-0.05, 0) is 36.2 Å². The van der Waals surface area contributed by atoms with Gasteiger partial charge in [-0.25, -0.2) is 4.79 Å². The minimum absolute atomic E-state index is 0.0659. The number of esters is 1. The molecule has 0 aromatic heterocycles. The zero-order valence-corrected chi connectivity index (χ0v) is 15.3. The van der Waals surface area contributed by atoms with Crippen LogP contribution in [0, 0.1) is 0 Å². The Morgan fingerprint density at radius 2 is 1.78 bits per heavy atom. The zero-order valence-electron chi connectivity index (χ0n) is 15.3. The summed E-state index contributed by atoms with van der Waals surface area (Å²) in [4.78, 5) is 34.4. The lowest BCUT2D eigenvalue weighted by molar-refractivity contribution is -0.142. The predicted molar refractivity (Wildman–Crippen MR) is 101 cm³/mol. The van der Waals surface area contributed by atoms with E-state index in [9.17, 15) is 14.4 Å². The molecule has 0 spiro atoms. The van der Waals surface area contributed by atoms with Crippen LogP contribution in [0.4, 0.5) is 5.69 Å². The van der Waals surface area contributed by atoms with Crippen molar-refractivity contribution in [3.05, 3.63) is 59.7 Å². The SMILES string of the molecule is COC(=O)COc1cccc(NC(=O)c2ccc(CCNC(C)=O)cc2)c1. The second kappa shape index (κ2) is 9.96. The van der Waals surface area contributed by atoms with Gasteiger partial charge in [0.05, 0.1) is 7.11 Å². The van der Waals surface area contributed by atoms with Crippen LogP contribution in [0.25, 0.3) is 0 Å². The van der Waals surface area contributed by atoms with E-state index in [1.807, 2.05) is 12.1 Å². The van der Waals surface area contributed by atoms with Gasteiger partial charge in [-0.3, -0.25) is 9.59 Å². The molecule has 2 N–H and O–H groups in total. The summed E-state index contributed by atoms with van der Waals surface area (Å²) in [5.41, 5.74) is 2.09. The smallest absolute Gasteiger partial charge is 0.343 e. The molecule has 2 rings (SSSR count). The Bertz CT molecular complexity index is 802. The van der Waals surface area contributed by atoms with E-state index in [4.69, 9.17) is 4.74 Å². The summed E-state index contributed by atoms with van der Waals surface area (Å²) in [7, 11) is 1.29. The van der Waals surface area contributed by atoms with Gasteiger partial charge in [-0.15, -0.1) is 0 Å². The van der Waals surface area contributed by atoms with Crippen LogP contribution in [0.1, 0.15) is 22.8 Å². The van der Waals surface area contributed by atoms with E-state index in [0.717, 1.165) is 5.56 Å². The largest absolute Gasteiger partial charge is 0.482 e. The first-order valence-electron chi connectivity index (χ1n) is 8.42. The van der Waals surface area contributed by atoms with Crippen LogP contribution in [-0.4, -0.2) is 38.0 Å². The van der Waals surface area contributed by atoms with Crippen LogP contribution in [0.5, 0.6) is 5.75 Å². The minimum Gasteiger partial charge on any atom is -0.482 e. The van der Waals surface area contributed by atoms with Crippen molar-refractivity contribution >= 4 is 23.5 Å². The summed E-state index contributed by atoms with van der Waals surface area (Å²) in [6.45, 7) is 1.83. The summed E-state index contributed by atoms with van der Waals surface area (Å²) in [6.07, 6.45) is 0.695. The van der Waals surface area contributed by atoms with E-state index < -0.39 is 5.97 Å². The first kappa shape index (κ1) is 20.0. The molecule has 0 radical (unpaired) electrons. The quantitative estimate of drug-likeness (QED) is 0.695. The average molecular weight is 370 g/mol. The topological polar surface area (TPSA) is 93.7 Å². The van der Waals surface area contributed by atoms with Crippen molar-refractivity contribution in [2.75, 3.05) is 25.6 Å². The monoisotopic (exact) mass is 370 g/mol. The molecule has 0 aliphatic carbocycles. The molecule has 0 aliphatic rings. The van der Waals surface area contributed by atoms with Crippen LogP contribution in [0.15, 0.2) is 48.5 Å². The van der Waals surface area contributed by atoms with Crippen LogP contribution in [0.3, 0.4) is 0 Å². The fraction of sp³-hybridized carbons (Fsp3) is 0.250. The van der Waals surface area contributed by atoms with E-state index >= 15 is 0 Å². The molecule has 0 unspecified atom stereocenters. The maximum Gasteiger partial charge on any atom is 0.343 e. The van der Waals surface area contributed by atoms with Gasteiger partial charge in [-0.2, -0.15) is 0 Å². The lowest BCUT2D eigenvalue weighted by Crippen LogP contribution is -2.22. The summed E-state index contributed by atoms with van der Waals surface area (Å²) >= 11 is 0. The molecule has 2 aromatic rings. The highest BCUT2D eigenvalue weighted by atomic mass is 16.6. The Balaban J connectivity index is 1.92. The molecule has 7 heteroatoms. The highest BCUT2D eigenvalue weighted by Gasteiger charge is 2.08. The first-order valence-corrected chi connectivity index (χ1v) is 8.42. The van der Waals surface area contributed by atoms with Gasteiger partial charge in [0.15, 0.2) is 6.61 Å². The Kier molecular flexibility index (Phi) is 7.37. The number of ether oxygens (including phenoxy) is 2. The molecular formula is C20H22N2O5. The lowest BCUT2D eigenvalue weighted by atomic mass is 10.1. The number of hydrogen-bond acceptors (Lipinski definition) is 5. The molecule has 0 fully saturated rings. The molecule has 0 aliphatic heterocycles. The molecule has 0 saturated carbocycles. The van der Waals surface area contributed by atoms with Crippen molar-refractivity contribution in [2.24, 2.45) is 0 Å². The molecule has 142 valence electrons. The third-order valence-corrected chi connectivity index (χ3v) is 3.68. The van der Waals surface area contributed by atoms with Gasteiger partial charge >= 0.3 is 5.97 Å². The van der Waals surface area contributed by atoms with Crippen molar-refractivity contribution in [1.82, 2.24) is 5.32 Å². The fourth-order valence-corrected chi connectivity index (χ4v) is 2.27. The van der Waals surface area contributed by atoms with Gasteiger partial charge in [0.2, 0.25) is 5.91 Å². The number of hydrogen-bond donors (Lipinski definition) is 2. The summed E-state index contributed by atoms with van der Waals surface area (Å²) in [5, 5.41) is 5.52. The molecule has 27 heavy (non-hydrogen) atoms. The average Bonchev–Trinajstić information content (AvgIpc) is 2.66. The molecule has 2 amide bonds.